The number of ether oxygens (including phenoxy) is 2. The largest absolute Gasteiger partial charge is 0.379 e. The van der Waals surface area contributed by atoms with Gasteiger partial charge in [0, 0.05) is 6.61 Å². The van der Waals surface area contributed by atoms with Gasteiger partial charge in [0.25, 0.3) is 0 Å². The molecule has 40 heavy (non-hydrogen) atoms. The molecule has 0 spiro atoms. The maximum Gasteiger partial charge on any atom is 0.333 e. The lowest BCUT2D eigenvalue weighted by atomic mass is 10.0. The SMILES string of the molecule is CCCCCCCCCCCCCCCCCCOCC(COP(=O)(O)CC[N+](C)(C)C)OCc1ccccc1. The fourth-order valence-electron chi connectivity index (χ4n) is 4.59. The zero-order chi connectivity index (χ0) is 29.4. The van der Waals surface area contributed by atoms with E-state index in [1.165, 1.54) is 96.3 Å². The highest BCUT2D eigenvalue weighted by molar-refractivity contribution is 7.52. The minimum absolute atomic E-state index is 0.0523. The van der Waals surface area contributed by atoms with Crippen LogP contribution in [0.4, 0.5) is 0 Å². The number of hydrogen-bond acceptors (Lipinski definition) is 4. The van der Waals surface area contributed by atoms with E-state index in [-0.39, 0.29) is 18.9 Å². The molecule has 0 heterocycles. The second-order valence-corrected chi connectivity index (χ2v) is 14.4. The van der Waals surface area contributed by atoms with Crippen molar-refractivity contribution in [1.82, 2.24) is 0 Å². The third kappa shape index (κ3) is 23.9. The molecule has 2 atom stereocenters. The first-order chi connectivity index (χ1) is 19.2. The summed E-state index contributed by atoms with van der Waals surface area (Å²) in [7, 11) is 2.33. The van der Waals surface area contributed by atoms with Gasteiger partial charge in [-0.15, -0.1) is 0 Å². The summed E-state index contributed by atoms with van der Waals surface area (Å²) < 4.78 is 30.5. The van der Waals surface area contributed by atoms with Crippen LogP contribution in [0.5, 0.6) is 0 Å². The highest BCUT2D eigenvalue weighted by atomic mass is 31.2. The van der Waals surface area contributed by atoms with Crippen LogP contribution in [0.15, 0.2) is 30.3 Å². The molecule has 1 rings (SSSR count). The fraction of sp³-hybridized carbons (Fsp3) is 0.818. The van der Waals surface area contributed by atoms with Crippen molar-refractivity contribution in [1.29, 1.82) is 0 Å². The molecule has 0 amide bonds. The van der Waals surface area contributed by atoms with Gasteiger partial charge in [-0.3, -0.25) is 4.57 Å². The lowest BCUT2D eigenvalue weighted by Gasteiger charge is -2.25. The molecule has 0 fully saturated rings. The molecule has 0 saturated heterocycles. The number of rotatable bonds is 28. The molecule has 0 aromatic heterocycles. The van der Waals surface area contributed by atoms with Crippen LogP contribution in [0, 0.1) is 0 Å². The maximum atomic E-state index is 12.5. The summed E-state index contributed by atoms with van der Waals surface area (Å²) in [4.78, 5) is 10.3. The van der Waals surface area contributed by atoms with Gasteiger partial charge in [0.15, 0.2) is 0 Å². The number of nitrogens with zero attached hydrogens (tertiary/aromatic N) is 1. The minimum Gasteiger partial charge on any atom is -0.379 e. The van der Waals surface area contributed by atoms with Crippen LogP contribution in [0.25, 0.3) is 0 Å². The lowest BCUT2D eigenvalue weighted by Crippen LogP contribution is -2.37. The Hall–Kier alpha value is -0.750. The minimum atomic E-state index is -3.67. The molecule has 0 saturated carbocycles. The lowest BCUT2D eigenvalue weighted by molar-refractivity contribution is -0.867. The van der Waals surface area contributed by atoms with Crippen LogP contribution < -0.4 is 0 Å². The number of unbranched alkanes of at least 4 members (excludes halogenated alkanes) is 15. The zero-order valence-corrected chi connectivity index (χ0v) is 27.4. The van der Waals surface area contributed by atoms with Gasteiger partial charge in [-0.25, -0.2) is 0 Å². The Kier molecular flexibility index (Phi) is 22.2. The van der Waals surface area contributed by atoms with Crippen LogP contribution in [0.2, 0.25) is 0 Å². The van der Waals surface area contributed by atoms with Crippen molar-refractivity contribution >= 4 is 7.60 Å². The maximum absolute atomic E-state index is 12.5. The van der Waals surface area contributed by atoms with Crippen LogP contribution in [-0.2, 0) is 25.2 Å². The van der Waals surface area contributed by atoms with Crippen molar-refractivity contribution in [3.63, 3.8) is 0 Å². The van der Waals surface area contributed by atoms with E-state index in [4.69, 9.17) is 14.0 Å². The molecule has 7 heteroatoms. The molecule has 6 nitrogen and oxygen atoms in total. The van der Waals surface area contributed by atoms with Gasteiger partial charge in [0.1, 0.15) is 6.10 Å². The third-order valence-electron chi connectivity index (χ3n) is 7.29. The van der Waals surface area contributed by atoms with E-state index < -0.39 is 7.60 Å². The quantitative estimate of drug-likeness (QED) is 0.0606. The summed E-state index contributed by atoms with van der Waals surface area (Å²) in [5.74, 6) is 0. The van der Waals surface area contributed by atoms with Gasteiger partial charge < -0.3 is 23.4 Å². The summed E-state index contributed by atoms with van der Waals surface area (Å²) in [6.45, 7) is 4.37. The van der Waals surface area contributed by atoms with Crippen molar-refractivity contribution in [2.24, 2.45) is 0 Å². The van der Waals surface area contributed by atoms with Crippen LogP contribution in [-0.4, -0.2) is 69.2 Å². The summed E-state index contributed by atoms with van der Waals surface area (Å²) >= 11 is 0. The monoisotopic (exact) mass is 584 g/mol. The van der Waals surface area contributed by atoms with Crippen LogP contribution >= 0.6 is 7.60 Å². The van der Waals surface area contributed by atoms with Crippen LogP contribution in [0.3, 0.4) is 0 Å². The zero-order valence-electron chi connectivity index (χ0n) is 26.5. The molecule has 1 aromatic rings. The van der Waals surface area contributed by atoms with Crippen molar-refractivity contribution in [2.75, 3.05) is 53.7 Å². The summed E-state index contributed by atoms with van der Waals surface area (Å²) in [6, 6.07) is 9.94. The van der Waals surface area contributed by atoms with Gasteiger partial charge in [-0.2, -0.15) is 0 Å². The Morgan fingerprint density at radius 3 is 1.75 bits per heavy atom. The average Bonchev–Trinajstić information content (AvgIpc) is 2.92. The summed E-state index contributed by atoms with van der Waals surface area (Å²) in [5.41, 5.74) is 1.06. The topological polar surface area (TPSA) is 65.0 Å². The highest BCUT2D eigenvalue weighted by Gasteiger charge is 2.25. The first-order valence-corrected chi connectivity index (χ1v) is 18.0. The molecular weight excluding hydrogens is 521 g/mol. The van der Waals surface area contributed by atoms with Gasteiger partial charge in [0.2, 0.25) is 0 Å². The van der Waals surface area contributed by atoms with E-state index in [1.807, 2.05) is 51.5 Å². The predicted octanol–water partition coefficient (Wildman–Crippen LogP) is 8.76. The Morgan fingerprint density at radius 2 is 1.25 bits per heavy atom. The fourth-order valence-corrected chi connectivity index (χ4v) is 5.97. The van der Waals surface area contributed by atoms with Crippen molar-refractivity contribution in [2.45, 2.75) is 122 Å². The summed E-state index contributed by atoms with van der Waals surface area (Å²) in [6.07, 6.45) is 21.3. The van der Waals surface area contributed by atoms with Crippen LogP contribution in [0.1, 0.15) is 115 Å². The first kappa shape index (κ1) is 37.3. The van der Waals surface area contributed by atoms with E-state index in [0.29, 0.717) is 30.8 Å². The van der Waals surface area contributed by atoms with Gasteiger partial charge in [0.05, 0.1) is 53.7 Å². The van der Waals surface area contributed by atoms with E-state index in [0.717, 1.165) is 12.0 Å². The van der Waals surface area contributed by atoms with E-state index in [1.54, 1.807) is 0 Å². The number of benzene rings is 1. The third-order valence-corrected chi connectivity index (χ3v) is 8.61. The Balaban J connectivity index is 2.12. The molecule has 0 radical (unpaired) electrons. The molecule has 2 unspecified atom stereocenters. The summed E-state index contributed by atoms with van der Waals surface area (Å²) in [5, 5.41) is 0. The molecule has 1 aromatic carbocycles. The molecule has 0 aliphatic carbocycles. The van der Waals surface area contributed by atoms with E-state index >= 15 is 0 Å². The highest BCUT2D eigenvalue weighted by Crippen LogP contribution is 2.42. The molecule has 0 aliphatic rings. The molecular formula is C33H63NO5P+. The number of quaternary nitrogens is 1. The van der Waals surface area contributed by atoms with E-state index in [2.05, 4.69) is 6.92 Å². The molecule has 234 valence electrons. The van der Waals surface area contributed by atoms with Gasteiger partial charge >= 0.3 is 7.60 Å². The second-order valence-electron chi connectivity index (χ2n) is 12.5. The normalized spacial score (nSPS) is 14.3. The van der Waals surface area contributed by atoms with Gasteiger partial charge in [-0.1, -0.05) is 134 Å². The first-order valence-electron chi connectivity index (χ1n) is 16.2. The smallest absolute Gasteiger partial charge is 0.333 e. The molecule has 0 aliphatic heterocycles. The molecule has 1 N–H and O–H groups in total. The Bertz CT molecular complexity index is 740. The molecule has 0 bridgehead atoms. The van der Waals surface area contributed by atoms with Crippen molar-refractivity contribution in [3.05, 3.63) is 35.9 Å². The second kappa shape index (κ2) is 23.8. The Morgan fingerprint density at radius 1 is 0.750 bits per heavy atom. The number of hydrogen-bond donors (Lipinski definition) is 1. The van der Waals surface area contributed by atoms with Crippen molar-refractivity contribution in [3.8, 4) is 0 Å². The average molecular weight is 585 g/mol. The predicted molar refractivity (Wildman–Crippen MR) is 169 cm³/mol. The Labute approximate surface area is 247 Å². The van der Waals surface area contributed by atoms with Crippen molar-refractivity contribution < 1.29 is 27.9 Å². The van der Waals surface area contributed by atoms with E-state index in [9.17, 15) is 9.46 Å². The van der Waals surface area contributed by atoms with Gasteiger partial charge in [-0.05, 0) is 12.0 Å². The standard InChI is InChI=1S/C33H62NO5P/c1-5-6-7-8-9-10-11-12-13-14-15-16-17-18-19-23-27-37-30-33(38-29-32-24-21-20-22-25-32)31-39-40(35,36)28-26-34(2,3)4/h20-22,24-25,33H,5-19,23,26-31H2,1-4H3/p+1.